The molecule has 2 aliphatic heterocycles. The quantitative estimate of drug-likeness (QED) is 0.140. The summed E-state index contributed by atoms with van der Waals surface area (Å²) < 4.78 is 29.7. The fourth-order valence-electron chi connectivity index (χ4n) is 6.77. The average molecular weight is 701 g/mol. The van der Waals surface area contributed by atoms with E-state index in [4.69, 9.17) is 23.7 Å². The standard InChI is InChI=1S/C42H56N2O7/c1-6-32-12-7-8-13-38(32)49-27-10-9-26-48-35-19-16-33(17-20-35)36-22-24-43(41(46)51-42(2,3)4)29-39(36)50-30-31-14-15-34-18-21-40(45)44(37(34)28-31)23-11-25-47-5/h7-8,12-17,19-20,28,36,39H,6,9-11,18,21-27,29-30H2,1-5H3. The van der Waals surface area contributed by atoms with Gasteiger partial charge in [-0.3, -0.25) is 4.79 Å². The topological polar surface area (TPSA) is 86.8 Å². The number of anilines is 1. The van der Waals surface area contributed by atoms with Crippen molar-refractivity contribution in [3.63, 3.8) is 0 Å². The fourth-order valence-corrected chi connectivity index (χ4v) is 6.77. The molecule has 3 aromatic carbocycles. The third kappa shape index (κ3) is 11.0. The number of ether oxygens (including phenoxy) is 5. The van der Waals surface area contributed by atoms with Crippen LogP contribution in [-0.2, 0) is 38.5 Å². The van der Waals surface area contributed by atoms with Crippen molar-refractivity contribution in [2.24, 2.45) is 0 Å². The predicted molar refractivity (Wildman–Crippen MR) is 200 cm³/mol. The van der Waals surface area contributed by atoms with E-state index < -0.39 is 5.60 Å². The summed E-state index contributed by atoms with van der Waals surface area (Å²) in [6, 6.07) is 22.8. The van der Waals surface area contributed by atoms with Crippen LogP contribution in [0.2, 0.25) is 0 Å². The van der Waals surface area contributed by atoms with Crippen molar-refractivity contribution in [1.29, 1.82) is 0 Å². The molecule has 5 rings (SSSR count). The molecule has 0 N–H and O–H groups in total. The van der Waals surface area contributed by atoms with Crippen LogP contribution < -0.4 is 14.4 Å². The Labute approximate surface area is 304 Å². The highest BCUT2D eigenvalue weighted by molar-refractivity contribution is 5.96. The highest BCUT2D eigenvalue weighted by Crippen LogP contribution is 2.34. The lowest BCUT2D eigenvalue weighted by Crippen LogP contribution is -2.48. The average Bonchev–Trinajstić information content (AvgIpc) is 3.12. The van der Waals surface area contributed by atoms with E-state index in [9.17, 15) is 9.59 Å². The van der Waals surface area contributed by atoms with Crippen LogP contribution in [0.4, 0.5) is 10.5 Å². The van der Waals surface area contributed by atoms with Crippen molar-refractivity contribution in [1.82, 2.24) is 4.90 Å². The number of carbonyl (C=O) groups excluding carboxylic acids is 2. The van der Waals surface area contributed by atoms with Crippen LogP contribution in [0.15, 0.2) is 66.7 Å². The molecule has 1 fully saturated rings. The van der Waals surface area contributed by atoms with Crippen LogP contribution in [0, 0.1) is 0 Å². The lowest BCUT2D eigenvalue weighted by molar-refractivity contribution is -0.118. The maximum absolute atomic E-state index is 13.1. The zero-order chi connectivity index (χ0) is 36.2. The molecular formula is C42H56N2O7. The number of methoxy groups -OCH3 is 1. The minimum absolute atomic E-state index is 0.0885. The number of rotatable bonds is 16. The van der Waals surface area contributed by atoms with Crippen LogP contribution in [0.3, 0.4) is 0 Å². The van der Waals surface area contributed by atoms with E-state index in [1.165, 1.54) is 11.1 Å². The van der Waals surface area contributed by atoms with E-state index >= 15 is 0 Å². The Morgan fingerprint density at radius 1 is 0.902 bits per heavy atom. The van der Waals surface area contributed by atoms with Gasteiger partial charge in [-0.25, -0.2) is 4.79 Å². The van der Waals surface area contributed by atoms with E-state index in [0.717, 1.165) is 66.8 Å². The third-order valence-electron chi connectivity index (χ3n) is 9.48. The Kier molecular flexibility index (Phi) is 13.8. The largest absolute Gasteiger partial charge is 0.494 e. The lowest BCUT2D eigenvalue weighted by atomic mass is 9.87. The van der Waals surface area contributed by atoms with Gasteiger partial charge in [0.1, 0.15) is 17.1 Å². The summed E-state index contributed by atoms with van der Waals surface area (Å²) in [5.74, 6) is 2.03. The van der Waals surface area contributed by atoms with Crippen LogP contribution in [0.5, 0.6) is 11.5 Å². The normalized spacial score (nSPS) is 17.6. The number of unbranched alkanes of at least 4 members (excludes halogenated alkanes) is 1. The third-order valence-corrected chi connectivity index (χ3v) is 9.48. The second-order valence-corrected chi connectivity index (χ2v) is 14.5. The highest BCUT2D eigenvalue weighted by atomic mass is 16.6. The van der Waals surface area contributed by atoms with Gasteiger partial charge in [-0.2, -0.15) is 0 Å². The molecule has 2 atom stereocenters. The van der Waals surface area contributed by atoms with Crippen molar-refractivity contribution in [3.05, 3.63) is 89.0 Å². The van der Waals surface area contributed by atoms with Gasteiger partial charge in [-0.05, 0) is 106 Å². The minimum Gasteiger partial charge on any atom is -0.494 e. The predicted octanol–water partition coefficient (Wildman–Crippen LogP) is 8.11. The molecule has 9 heteroatoms. The molecule has 3 aromatic rings. The van der Waals surface area contributed by atoms with E-state index in [0.29, 0.717) is 52.5 Å². The molecule has 2 aliphatic rings. The second-order valence-electron chi connectivity index (χ2n) is 14.5. The number of hydrogen-bond acceptors (Lipinski definition) is 7. The molecule has 276 valence electrons. The fraction of sp³-hybridized carbons (Fsp3) is 0.524. The first kappa shape index (κ1) is 38.2. The first-order valence-electron chi connectivity index (χ1n) is 18.6. The minimum atomic E-state index is -0.580. The molecule has 0 aliphatic carbocycles. The van der Waals surface area contributed by atoms with Gasteiger partial charge < -0.3 is 33.5 Å². The number of carbonyl (C=O) groups is 2. The molecule has 9 nitrogen and oxygen atoms in total. The van der Waals surface area contributed by atoms with E-state index in [2.05, 4.69) is 43.3 Å². The Hall–Kier alpha value is -4.08. The Bertz CT molecular complexity index is 1570. The summed E-state index contributed by atoms with van der Waals surface area (Å²) in [4.78, 5) is 29.6. The molecular weight excluding hydrogens is 644 g/mol. The molecule has 2 unspecified atom stereocenters. The number of benzene rings is 3. The van der Waals surface area contributed by atoms with Crippen molar-refractivity contribution < 1.29 is 33.3 Å². The van der Waals surface area contributed by atoms with Crippen molar-refractivity contribution in [2.45, 2.75) is 96.9 Å². The molecule has 0 radical (unpaired) electrons. The van der Waals surface area contributed by atoms with Gasteiger partial charge >= 0.3 is 6.09 Å². The van der Waals surface area contributed by atoms with Gasteiger partial charge in [-0.15, -0.1) is 0 Å². The summed E-state index contributed by atoms with van der Waals surface area (Å²) in [6.45, 7) is 11.7. The summed E-state index contributed by atoms with van der Waals surface area (Å²) in [7, 11) is 1.68. The van der Waals surface area contributed by atoms with Crippen LogP contribution in [-0.4, -0.2) is 75.2 Å². The molecule has 2 amide bonds. The van der Waals surface area contributed by atoms with E-state index in [-0.39, 0.29) is 24.0 Å². The zero-order valence-electron chi connectivity index (χ0n) is 31.2. The van der Waals surface area contributed by atoms with Gasteiger partial charge in [0.2, 0.25) is 5.91 Å². The Balaban J connectivity index is 1.20. The number of aryl methyl sites for hydroxylation is 2. The van der Waals surface area contributed by atoms with Crippen molar-refractivity contribution in [3.8, 4) is 11.5 Å². The number of amides is 2. The van der Waals surface area contributed by atoms with Crippen molar-refractivity contribution >= 4 is 17.7 Å². The lowest BCUT2D eigenvalue weighted by Gasteiger charge is -2.39. The smallest absolute Gasteiger partial charge is 0.410 e. The number of para-hydroxylation sites is 1. The molecule has 0 bridgehead atoms. The molecule has 51 heavy (non-hydrogen) atoms. The Morgan fingerprint density at radius 2 is 1.67 bits per heavy atom. The summed E-state index contributed by atoms with van der Waals surface area (Å²) in [6.07, 6.45) is 4.99. The van der Waals surface area contributed by atoms with Gasteiger partial charge in [0.15, 0.2) is 0 Å². The van der Waals surface area contributed by atoms with Crippen LogP contribution in [0.25, 0.3) is 0 Å². The maximum atomic E-state index is 13.1. The van der Waals surface area contributed by atoms with E-state index in [1.54, 1.807) is 12.0 Å². The van der Waals surface area contributed by atoms with Crippen molar-refractivity contribution in [2.75, 3.05) is 51.5 Å². The number of nitrogens with zero attached hydrogens (tertiary/aromatic N) is 2. The first-order chi connectivity index (χ1) is 24.6. The van der Waals surface area contributed by atoms with Gasteiger partial charge in [0, 0.05) is 44.8 Å². The Morgan fingerprint density at radius 3 is 2.41 bits per heavy atom. The molecule has 0 saturated carbocycles. The number of likely N-dealkylation sites (tertiary alicyclic amines) is 1. The van der Waals surface area contributed by atoms with Crippen LogP contribution >= 0.6 is 0 Å². The molecule has 2 heterocycles. The second kappa shape index (κ2) is 18.4. The van der Waals surface area contributed by atoms with E-state index in [1.807, 2.05) is 56.0 Å². The van der Waals surface area contributed by atoms with Gasteiger partial charge in [-0.1, -0.05) is 49.4 Å². The number of hydrogen-bond donors (Lipinski definition) is 0. The monoisotopic (exact) mass is 700 g/mol. The molecule has 1 saturated heterocycles. The molecule has 0 aromatic heterocycles. The first-order valence-corrected chi connectivity index (χ1v) is 18.6. The van der Waals surface area contributed by atoms with Gasteiger partial charge in [0.25, 0.3) is 0 Å². The summed E-state index contributed by atoms with van der Waals surface area (Å²) in [5, 5.41) is 0. The SMILES string of the molecule is CCc1ccccc1OCCCCOc1ccc(C2CCN(C(=O)OC(C)(C)C)CC2OCc2ccc3c(c2)N(CCCOC)C(=O)CC3)cc1. The van der Waals surface area contributed by atoms with Gasteiger partial charge in [0.05, 0.1) is 32.5 Å². The van der Waals surface area contributed by atoms with Crippen LogP contribution in [0.1, 0.15) is 88.0 Å². The number of fused-ring (bicyclic) bond motifs is 1. The number of piperidine rings is 1. The maximum Gasteiger partial charge on any atom is 0.410 e. The highest BCUT2D eigenvalue weighted by Gasteiger charge is 2.35. The zero-order valence-corrected chi connectivity index (χ0v) is 31.2. The molecule has 0 spiro atoms. The summed E-state index contributed by atoms with van der Waals surface area (Å²) >= 11 is 0. The summed E-state index contributed by atoms with van der Waals surface area (Å²) in [5.41, 5.74) is 4.94.